The molecule has 1 aliphatic heterocycles. The van der Waals surface area contributed by atoms with E-state index in [1.165, 1.54) is 20.3 Å². The summed E-state index contributed by atoms with van der Waals surface area (Å²) in [4.78, 5) is 10.5. The molecule has 0 saturated heterocycles. The normalized spacial score (nSPS) is 12.8. The van der Waals surface area contributed by atoms with Crippen molar-refractivity contribution in [2.75, 3.05) is 21.0 Å². The van der Waals surface area contributed by atoms with Gasteiger partial charge in [-0.1, -0.05) is 0 Å². The van der Waals surface area contributed by atoms with Crippen molar-refractivity contribution in [2.45, 2.75) is 0 Å². The zero-order chi connectivity index (χ0) is 13.1. The SMILES string of the molecule is COc1cc(C=CC(=O)O)c(OC)c2c1OCO2. The van der Waals surface area contributed by atoms with E-state index in [0.29, 0.717) is 28.6 Å². The fourth-order valence-corrected chi connectivity index (χ4v) is 1.68. The Hall–Kier alpha value is -2.37. The number of rotatable bonds is 4. The summed E-state index contributed by atoms with van der Waals surface area (Å²) >= 11 is 0. The molecule has 0 spiro atoms. The quantitative estimate of drug-likeness (QED) is 0.819. The number of carboxylic acids is 1. The summed E-state index contributed by atoms with van der Waals surface area (Å²) in [6.45, 7) is 0.0775. The van der Waals surface area contributed by atoms with Crippen LogP contribution in [0.25, 0.3) is 6.08 Å². The summed E-state index contributed by atoms with van der Waals surface area (Å²) in [6, 6.07) is 1.63. The van der Waals surface area contributed by atoms with Crippen molar-refractivity contribution in [1.29, 1.82) is 0 Å². The molecule has 6 nitrogen and oxygen atoms in total. The molecule has 1 N–H and O–H groups in total. The zero-order valence-corrected chi connectivity index (χ0v) is 9.93. The van der Waals surface area contributed by atoms with Crippen LogP contribution in [0.5, 0.6) is 23.0 Å². The van der Waals surface area contributed by atoms with Crippen LogP contribution in [0.3, 0.4) is 0 Å². The maximum atomic E-state index is 10.5. The van der Waals surface area contributed by atoms with Gasteiger partial charge in [-0.25, -0.2) is 4.79 Å². The Balaban J connectivity index is 2.55. The van der Waals surface area contributed by atoms with Crippen LogP contribution in [0, 0.1) is 0 Å². The molecule has 2 rings (SSSR count). The average molecular weight is 252 g/mol. The standard InChI is InChI=1S/C12H12O6/c1-15-8-5-7(3-4-9(13)14)10(16-2)12-11(8)17-6-18-12/h3-5H,6H2,1-2H3,(H,13,14). The number of hydrogen-bond acceptors (Lipinski definition) is 5. The number of benzene rings is 1. The van der Waals surface area contributed by atoms with Gasteiger partial charge in [-0.3, -0.25) is 0 Å². The molecule has 0 atom stereocenters. The van der Waals surface area contributed by atoms with Crippen molar-refractivity contribution in [3.05, 3.63) is 17.7 Å². The van der Waals surface area contributed by atoms with Gasteiger partial charge >= 0.3 is 5.97 Å². The minimum absolute atomic E-state index is 0.0775. The third kappa shape index (κ3) is 2.04. The molecule has 18 heavy (non-hydrogen) atoms. The molecule has 96 valence electrons. The summed E-state index contributed by atoms with van der Waals surface area (Å²) in [5.74, 6) is 0.714. The third-order valence-electron chi connectivity index (χ3n) is 2.42. The summed E-state index contributed by atoms with van der Waals surface area (Å²) < 4.78 is 21.0. The maximum absolute atomic E-state index is 10.5. The molecular weight excluding hydrogens is 240 g/mol. The van der Waals surface area contributed by atoms with Crippen LogP contribution in [0.4, 0.5) is 0 Å². The van der Waals surface area contributed by atoms with Crippen LogP contribution in [0.1, 0.15) is 5.56 Å². The molecule has 6 heteroatoms. The molecule has 0 radical (unpaired) electrons. The van der Waals surface area contributed by atoms with Gasteiger partial charge in [0.1, 0.15) is 0 Å². The molecule has 0 saturated carbocycles. The van der Waals surface area contributed by atoms with Gasteiger partial charge in [0.05, 0.1) is 14.2 Å². The highest BCUT2D eigenvalue weighted by molar-refractivity contribution is 5.87. The average Bonchev–Trinajstić information content (AvgIpc) is 2.83. The van der Waals surface area contributed by atoms with Crippen molar-refractivity contribution < 1.29 is 28.8 Å². The Labute approximate surface area is 103 Å². The molecular formula is C12H12O6. The van der Waals surface area contributed by atoms with Gasteiger partial charge in [0.15, 0.2) is 11.5 Å². The highest BCUT2D eigenvalue weighted by atomic mass is 16.7. The number of ether oxygens (including phenoxy) is 4. The van der Waals surface area contributed by atoms with Crippen LogP contribution in [0.15, 0.2) is 12.1 Å². The van der Waals surface area contributed by atoms with Gasteiger partial charge in [-0.05, 0) is 12.1 Å². The number of carbonyl (C=O) groups is 1. The van der Waals surface area contributed by atoms with Gasteiger partial charge < -0.3 is 24.1 Å². The first-order valence-electron chi connectivity index (χ1n) is 5.13. The summed E-state index contributed by atoms with van der Waals surface area (Å²) in [5.41, 5.74) is 0.543. The van der Waals surface area contributed by atoms with Crippen molar-refractivity contribution >= 4 is 12.0 Å². The van der Waals surface area contributed by atoms with Crippen LogP contribution in [-0.4, -0.2) is 32.1 Å². The minimum atomic E-state index is -1.05. The predicted octanol–water partition coefficient (Wildman–Crippen LogP) is 1.53. The van der Waals surface area contributed by atoms with Crippen molar-refractivity contribution in [3.63, 3.8) is 0 Å². The Morgan fingerprint density at radius 3 is 2.67 bits per heavy atom. The molecule has 0 amide bonds. The number of aliphatic carboxylic acids is 1. The fourth-order valence-electron chi connectivity index (χ4n) is 1.68. The first-order chi connectivity index (χ1) is 8.67. The van der Waals surface area contributed by atoms with E-state index in [-0.39, 0.29) is 6.79 Å². The third-order valence-corrected chi connectivity index (χ3v) is 2.42. The predicted molar refractivity (Wildman–Crippen MR) is 62.3 cm³/mol. The van der Waals surface area contributed by atoms with Crippen molar-refractivity contribution in [1.82, 2.24) is 0 Å². The van der Waals surface area contributed by atoms with E-state index in [0.717, 1.165) is 6.08 Å². The number of methoxy groups -OCH3 is 2. The smallest absolute Gasteiger partial charge is 0.328 e. The highest BCUT2D eigenvalue weighted by Gasteiger charge is 2.26. The minimum Gasteiger partial charge on any atom is -0.493 e. The number of hydrogen-bond donors (Lipinski definition) is 1. The fraction of sp³-hybridized carbons (Fsp3) is 0.250. The van der Waals surface area contributed by atoms with E-state index in [9.17, 15) is 4.79 Å². The lowest BCUT2D eigenvalue weighted by Gasteiger charge is -2.11. The summed E-state index contributed by atoms with van der Waals surface area (Å²) in [6.07, 6.45) is 2.42. The molecule has 0 fully saturated rings. The summed E-state index contributed by atoms with van der Waals surface area (Å²) in [5, 5.41) is 8.64. The largest absolute Gasteiger partial charge is 0.493 e. The number of fused-ring (bicyclic) bond motifs is 1. The Morgan fingerprint density at radius 1 is 1.33 bits per heavy atom. The second-order valence-corrected chi connectivity index (χ2v) is 3.44. The Bertz CT molecular complexity index is 506. The molecule has 1 heterocycles. The molecule has 0 aliphatic carbocycles. The first kappa shape index (κ1) is 12.1. The molecule has 0 aromatic heterocycles. The zero-order valence-electron chi connectivity index (χ0n) is 9.93. The lowest BCUT2D eigenvalue weighted by molar-refractivity contribution is -0.131. The van der Waals surface area contributed by atoms with E-state index >= 15 is 0 Å². The second-order valence-electron chi connectivity index (χ2n) is 3.44. The lowest BCUT2D eigenvalue weighted by Crippen LogP contribution is -1.94. The van der Waals surface area contributed by atoms with Crippen LogP contribution in [-0.2, 0) is 4.79 Å². The van der Waals surface area contributed by atoms with Crippen LogP contribution < -0.4 is 18.9 Å². The lowest BCUT2D eigenvalue weighted by atomic mass is 10.1. The maximum Gasteiger partial charge on any atom is 0.328 e. The molecule has 1 aromatic rings. The molecule has 0 unspecified atom stereocenters. The van der Waals surface area contributed by atoms with E-state index in [4.69, 9.17) is 24.1 Å². The van der Waals surface area contributed by atoms with Crippen molar-refractivity contribution in [2.24, 2.45) is 0 Å². The van der Waals surface area contributed by atoms with Gasteiger partial charge in [-0.2, -0.15) is 0 Å². The van der Waals surface area contributed by atoms with Crippen LogP contribution in [0.2, 0.25) is 0 Å². The Morgan fingerprint density at radius 2 is 2.06 bits per heavy atom. The van der Waals surface area contributed by atoms with E-state index in [1.54, 1.807) is 6.07 Å². The number of carboxylic acid groups (broad SMARTS) is 1. The highest BCUT2D eigenvalue weighted by Crippen LogP contribution is 2.49. The van der Waals surface area contributed by atoms with Gasteiger partial charge in [-0.15, -0.1) is 0 Å². The molecule has 1 aliphatic rings. The van der Waals surface area contributed by atoms with Gasteiger partial charge in [0, 0.05) is 11.6 Å². The topological polar surface area (TPSA) is 74.2 Å². The van der Waals surface area contributed by atoms with Gasteiger partial charge in [0.25, 0.3) is 0 Å². The van der Waals surface area contributed by atoms with E-state index < -0.39 is 5.97 Å². The van der Waals surface area contributed by atoms with Crippen LogP contribution >= 0.6 is 0 Å². The van der Waals surface area contributed by atoms with Gasteiger partial charge in [0.2, 0.25) is 18.3 Å². The van der Waals surface area contributed by atoms with E-state index in [1.807, 2.05) is 0 Å². The van der Waals surface area contributed by atoms with Crippen molar-refractivity contribution in [3.8, 4) is 23.0 Å². The molecule has 0 bridgehead atoms. The molecule has 1 aromatic carbocycles. The Kier molecular flexibility index (Phi) is 3.27. The van der Waals surface area contributed by atoms with E-state index in [2.05, 4.69) is 0 Å². The monoisotopic (exact) mass is 252 g/mol. The summed E-state index contributed by atoms with van der Waals surface area (Å²) in [7, 11) is 2.97. The first-order valence-corrected chi connectivity index (χ1v) is 5.13. The second kappa shape index (κ2) is 4.87.